The van der Waals surface area contributed by atoms with Gasteiger partial charge >= 0.3 is 0 Å². The first kappa shape index (κ1) is 11.0. The Hall–Kier alpha value is -1.05. The Morgan fingerprint density at radius 1 is 1.58 bits per heavy atom. The van der Waals surface area contributed by atoms with Gasteiger partial charge in [0.2, 0.25) is 5.91 Å². The summed E-state index contributed by atoms with van der Waals surface area (Å²) in [6.45, 7) is 0.553. The lowest BCUT2D eigenvalue weighted by Crippen LogP contribution is -2.38. The zero-order chi connectivity index (χ0) is 9.40. The van der Waals surface area contributed by atoms with E-state index in [1.165, 1.54) is 0 Å². The average molecular weight is 169 g/mol. The summed E-state index contributed by atoms with van der Waals surface area (Å²) in [5.41, 5.74) is 10.4. The molecule has 0 aromatic heterocycles. The summed E-state index contributed by atoms with van der Waals surface area (Å²) in [4.78, 5) is 10.8. The number of amides is 1. The molecule has 1 unspecified atom stereocenters. The van der Waals surface area contributed by atoms with E-state index >= 15 is 0 Å². The summed E-state index contributed by atoms with van der Waals surface area (Å²) >= 11 is 0. The number of terminal acetylenes is 1. The van der Waals surface area contributed by atoms with Gasteiger partial charge in [-0.3, -0.25) is 4.79 Å². The van der Waals surface area contributed by atoms with Gasteiger partial charge in [0.25, 0.3) is 0 Å². The number of hydrogen-bond acceptors (Lipinski definition) is 3. The largest absolute Gasteiger partial charge is 0.341 e. The molecule has 0 spiro atoms. The molecule has 5 N–H and O–H groups in total. The van der Waals surface area contributed by atoms with E-state index in [4.69, 9.17) is 17.9 Å². The van der Waals surface area contributed by atoms with Crippen LogP contribution in [0, 0.1) is 12.3 Å². The summed E-state index contributed by atoms with van der Waals surface area (Å²) < 4.78 is 0. The summed E-state index contributed by atoms with van der Waals surface area (Å²) in [5.74, 6) is 2.23. The zero-order valence-electron chi connectivity index (χ0n) is 7.05. The minimum Gasteiger partial charge on any atom is -0.341 e. The highest BCUT2D eigenvalue weighted by atomic mass is 16.1. The van der Waals surface area contributed by atoms with Crippen LogP contribution in [-0.2, 0) is 4.79 Å². The fourth-order valence-electron chi connectivity index (χ4n) is 0.772. The maximum atomic E-state index is 10.8. The lowest BCUT2D eigenvalue weighted by atomic mass is 10.1. The van der Waals surface area contributed by atoms with E-state index in [0.717, 1.165) is 6.42 Å². The van der Waals surface area contributed by atoms with Gasteiger partial charge in [0.15, 0.2) is 0 Å². The molecule has 1 amide bonds. The smallest absolute Gasteiger partial charge is 0.234 e. The molecule has 0 aromatic carbocycles. The molecule has 0 aliphatic rings. The molecular weight excluding hydrogens is 154 g/mol. The fourth-order valence-corrected chi connectivity index (χ4v) is 0.772. The van der Waals surface area contributed by atoms with E-state index in [1.54, 1.807) is 0 Å². The van der Waals surface area contributed by atoms with Gasteiger partial charge < -0.3 is 16.8 Å². The second-order valence-corrected chi connectivity index (χ2v) is 2.42. The molecule has 0 bridgehead atoms. The van der Waals surface area contributed by atoms with Crippen molar-refractivity contribution in [2.75, 3.05) is 13.1 Å². The molecule has 4 heteroatoms. The lowest BCUT2D eigenvalue weighted by molar-refractivity contribution is -0.120. The molecule has 0 aliphatic carbocycles. The van der Waals surface area contributed by atoms with Crippen LogP contribution < -0.4 is 16.8 Å². The molecule has 0 aliphatic heterocycles. The van der Waals surface area contributed by atoms with Crippen LogP contribution in [0.2, 0.25) is 0 Å². The Bertz CT molecular complexity index is 174. The number of rotatable bonds is 5. The highest BCUT2D eigenvalue weighted by Crippen LogP contribution is 1.93. The molecule has 0 heterocycles. The van der Waals surface area contributed by atoms with Gasteiger partial charge in [-0.1, -0.05) is 5.92 Å². The second-order valence-electron chi connectivity index (χ2n) is 2.42. The van der Waals surface area contributed by atoms with E-state index in [2.05, 4.69) is 11.2 Å². The minimum absolute atomic E-state index is 0.0270. The Morgan fingerprint density at radius 3 is 2.67 bits per heavy atom. The summed E-state index contributed by atoms with van der Waals surface area (Å²) in [6.07, 6.45) is 6.68. The normalized spacial score (nSPS) is 11.8. The van der Waals surface area contributed by atoms with Gasteiger partial charge in [-0.05, 0) is 19.4 Å². The van der Waals surface area contributed by atoms with E-state index in [9.17, 15) is 4.79 Å². The van der Waals surface area contributed by atoms with Gasteiger partial charge in [-0.25, -0.2) is 0 Å². The predicted molar refractivity (Wildman–Crippen MR) is 48.1 cm³/mol. The summed E-state index contributed by atoms with van der Waals surface area (Å²) in [5, 5.41) is 2.60. The Kier molecular flexibility index (Phi) is 6.07. The van der Waals surface area contributed by atoms with Crippen molar-refractivity contribution in [3.05, 3.63) is 0 Å². The van der Waals surface area contributed by atoms with Crippen molar-refractivity contribution in [3.63, 3.8) is 0 Å². The SMILES string of the molecule is C#CC(CCCN)NC(=O)CN. The predicted octanol–water partition coefficient (Wildman–Crippen LogP) is -1.20. The minimum atomic E-state index is -0.232. The van der Waals surface area contributed by atoms with Crippen LogP contribution in [-0.4, -0.2) is 25.0 Å². The first-order valence-corrected chi connectivity index (χ1v) is 3.90. The third-order valence-electron chi connectivity index (χ3n) is 1.42. The average Bonchev–Trinajstić information content (AvgIpc) is 2.11. The van der Waals surface area contributed by atoms with Crippen molar-refractivity contribution < 1.29 is 4.79 Å². The fraction of sp³-hybridized carbons (Fsp3) is 0.625. The van der Waals surface area contributed by atoms with Crippen LogP contribution in [0.4, 0.5) is 0 Å². The van der Waals surface area contributed by atoms with Crippen molar-refractivity contribution in [1.29, 1.82) is 0 Å². The first-order chi connectivity index (χ1) is 5.74. The molecule has 0 saturated heterocycles. The quantitative estimate of drug-likeness (QED) is 0.452. The Balaban J connectivity index is 3.69. The molecule has 0 fully saturated rings. The van der Waals surface area contributed by atoms with Gasteiger partial charge in [0.1, 0.15) is 0 Å². The molecule has 0 saturated carbocycles. The summed E-state index contributed by atoms with van der Waals surface area (Å²) in [7, 11) is 0. The van der Waals surface area contributed by atoms with Gasteiger partial charge in [-0.2, -0.15) is 0 Å². The highest BCUT2D eigenvalue weighted by molar-refractivity contribution is 5.78. The number of nitrogens with two attached hydrogens (primary N) is 2. The molecule has 12 heavy (non-hydrogen) atoms. The highest BCUT2D eigenvalue weighted by Gasteiger charge is 2.06. The van der Waals surface area contributed by atoms with Crippen LogP contribution in [0.3, 0.4) is 0 Å². The van der Waals surface area contributed by atoms with E-state index < -0.39 is 0 Å². The van der Waals surface area contributed by atoms with E-state index in [1.807, 2.05) is 0 Å². The van der Waals surface area contributed by atoms with Gasteiger partial charge in [0, 0.05) is 0 Å². The van der Waals surface area contributed by atoms with Crippen molar-refractivity contribution in [1.82, 2.24) is 5.32 Å². The topological polar surface area (TPSA) is 81.1 Å². The molecular formula is C8H15N3O. The maximum Gasteiger partial charge on any atom is 0.234 e. The Labute approximate surface area is 72.7 Å². The number of carbonyl (C=O) groups is 1. The third-order valence-corrected chi connectivity index (χ3v) is 1.42. The molecule has 68 valence electrons. The Morgan fingerprint density at radius 2 is 2.25 bits per heavy atom. The molecule has 0 radical (unpaired) electrons. The summed E-state index contributed by atoms with van der Waals surface area (Å²) in [6, 6.07) is -0.232. The van der Waals surface area contributed by atoms with E-state index in [0.29, 0.717) is 13.0 Å². The zero-order valence-corrected chi connectivity index (χ0v) is 7.05. The van der Waals surface area contributed by atoms with Gasteiger partial charge in [-0.15, -0.1) is 6.42 Å². The number of hydrogen-bond donors (Lipinski definition) is 3. The van der Waals surface area contributed by atoms with Crippen molar-refractivity contribution in [3.8, 4) is 12.3 Å². The molecule has 0 aromatic rings. The van der Waals surface area contributed by atoms with Crippen molar-refractivity contribution >= 4 is 5.91 Å². The number of carbonyl (C=O) groups excluding carboxylic acids is 1. The monoisotopic (exact) mass is 169 g/mol. The third kappa shape index (κ3) is 4.72. The van der Waals surface area contributed by atoms with Crippen LogP contribution in [0.15, 0.2) is 0 Å². The van der Waals surface area contributed by atoms with Crippen LogP contribution in [0.5, 0.6) is 0 Å². The molecule has 4 nitrogen and oxygen atoms in total. The first-order valence-electron chi connectivity index (χ1n) is 3.90. The van der Waals surface area contributed by atoms with Crippen molar-refractivity contribution in [2.24, 2.45) is 11.5 Å². The van der Waals surface area contributed by atoms with E-state index in [-0.39, 0.29) is 18.5 Å². The lowest BCUT2D eigenvalue weighted by Gasteiger charge is -2.10. The molecule has 0 rings (SSSR count). The number of nitrogens with one attached hydrogen (secondary N) is 1. The van der Waals surface area contributed by atoms with Crippen LogP contribution >= 0.6 is 0 Å². The molecule has 1 atom stereocenters. The van der Waals surface area contributed by atoms with Crippen LogP contribution in [0.25, 0.3) is 0 Å². The second kappa shape index (κ2) is 6.65. The standard InChI is InChI=1S/C8H15N3O/c1-2-7(4-3-5-9)11-8(12)6-10/h1,7H,3-6,9-10H2,(H,11,12). The van der Waals surface area contributed by atoms with Gasteiger partial charge in [0.05, 0.1) is 12.6 Å². The van der Waals surface area contributed by atoms with Crippen LogP contribution in [0.1, 0.15) is 12.8 Å². The van der Waals surface area contributed by atoms with Crippen molar-refractivity contribution in [2.45, 2.75) is 18.9 Å². The maximum absolute atomic E-state index is 10.8.